The number of ether oxygens (including phenoxy) is 1. The molecule has 25 heavy (non-hydrogen) atoms. The molecule has 1 aromatic carbocycles. The van der Waals surface area contributed by atoms with Gasteiger partial charge in [0, 0.05) is 13.7 Å². The zero-order valence-corrected chi connectivity index (χ0v) is 13.8. The fraction of sp³-hybridized carbons (Fsp3) is 0.267. The number of alkyl halides is 3. The summed E-state index contributed by atoms with van der Waals surface area (Å²) in [5, 5.41) is 12.8. The smallest absolute Gasteiger partial charge is 0.383 e. The molecule has 0 atom stereocenters. The summed E-state index contributed by atoms with van der Waals surface area (Å²) in [5.41, 5.74) is -0.749. The molecule has 1 aromatic heterocycles. The van der Waals surface area contributed by atoms with E-state index in [0.717, 1.165) is 18.2 Å². The monoisotopic (exact) mass is 374 g/mol. The lowest BCUT2D eigenvalue weighted by Crippen LogP contribution is -2.27. The lowest BCUT2D eigenvalue weighted by molar-refractivity contribution is -0.137. The van der Waals surface area contributed by atoms with Gasteiger partial charge in [0.25, 0.3) is 5.91 Å². The van der Waals surface area contributed by atoms with Crippen LogP contribution in [0.4, 0.5) is 24.7 Å². The average molecular weight is 375 g/mol. The molecule has 0 spiro atoms. The summed E-state index contributed by atoms with van der Waals surface area (Å²) >= 11 is 5.89. The van der Waals surface area contributed by atoms with Gasteiger partial charge in [-0.2, -0.15) is 13.2 Å². The fourth-order valence-corrected chi connectivity index (χ4v) is 1.98. The molecule has 1 heterocycles. The van der Waals surface area contributed by atoms with Crippen molar-refractivity contribution < 1.29 is 22.7 Å². The lowest BCUT2D eigenvalue weighted by Gasteiger charge is -2.12. The molecule has 0 aliphatic heterocycles. The summed E-state index contributed by atoms with van der Waals surface area (Å²) in [6, 6.07) is 5.69. The molecule has 1 amide bonds. The van der Waals surface area contributed by atoms with Crippen LogP contribution in [0.25, 0.3) is 0 Å². The Balaban J connectivity index is 2.10. The second kappa shape index (κ2) is 8.13. The summed E-state index contributed by atoms with van der Waals surface area (Å²) in [6.45, 7) is 0.670. The van der Waals surface area contributed by atoms with Gasteiger partial charge < -0.3 is 15.4 Å². The van der Waals surface area contributed by atoms with Gasteiger partial charge in [0.1, 0.15) is 0 Å². The molecule has 0 saturated carbocycles. The van der Waals surface area contributed by atoms with Crippen LogP contribution in [0.1, 0.15) is 16.1 Å². The van der Waals surface area contributed by atoms with Gasteiger partial charge in [0.15, 0.2) is 11.5 Å². The SMILES string of the molecule is COCCNC(=O)c1ccc(Nc2cc(C(F)(F)F)ccc2Cl)nn1. The minimum absolute atomic E-state index is 0.0306. The van der Waals surface area contributed by atoms with Gasteiger partial charge in [-0.15, -0.1) is 10.2 Å². The highest BCUT2D eigenvalue weighted by Gasteiger charge is 2.31. The van der Waals surface area contributed by atoms with E-state index >= 15 is 0 Å². The second-order valence-electron chi connectivity index (χ2n) is 4.87. The summed E-state index contributed by atoms with van der Waals surface area (Å²) in [5.74, 6) is -0.289. The van der Waals surface area contributed by atoms with Crippen molar-refractivity contribution in [2.45, 2.75) is 6.18 Å². The van der Waals surface area contributed by atoms with Crippen LogP contribution in [-0.2, 0) is 10.9 Å². The van der Waals surface area contributed by atoms with Gasteiger partial charge in [-0.25, -0.2) is 0 Å². The highest BCUT2D eigenvalue weighted by molar-refractivity contribution is 6.33. The molecule has 2 aromatic rings. The van der Waals surface area contributed by atoms with Crippen molar-refractivity contribution in [2.24, 2.45) is 0 Å². The van der Waals surface area contributed by atoms with E-state index in [-0.39, 0.29) is 22.2 Å². The summed E-state index contributed by atoms with van der Waals surface area (Å²) in [4.78, 5) is 11.8. The predicted molar refractivity (Wildman–Crippen MR) is 86.0 cm³/mol. The second-order valence-corrected chi connectivity index (χ2v) is 5.28. The number of nitrogens with zero attached hydrogens (tertiary/aromatic N) is 2. The fourth-order valence-electron chi connectivity index (χ4n) is 1.81. The van der Waals surface area contributed by atoms with E-state index in [1.54, 1.807) is 0 Å². The third kappa shape index (κ3) is 5.30. The van der Waals surface area contributed by atoms with E-state index in [1.165, 1.54) is 19.2 Å². The normalized spacial score (nSPS) is 11.2. The zero-order chi connectivity index (χ0) is 18.4. The Morgan fingerprint density at radius 3 is 2.60 bits per heavy atom. The minimum Gasteiger partial charge on any atom is -0.383 e. The molecular formula is C15H14ClF3N4O2. The molecular weight excluding hydrogens is 361 g/mol. The number of aromatic nitrogens is 2. The van der Waals surface area contributed by atoms with Crippen LogP contribution in [0.5, 0.6) is 0 Å². The number of hydrogen-bond donors (Lipinski definition) is 2. The van der Waals surface area contributed by atoms with Crippen molar-refractivity contribution in [1.29, 1.82) is 0 Å². The van der Waals surface area contributed by atoms with Crippen molar-refractivity contribution in [2.75, 3.05) is 25.6 Å². The van der Waals surface area contributed by atoms with Crippen LogP contribution >= 0.6 is 11.6 Å². The highest BCUT2D eigenvalue weighted by Crippen LogP contribution is 2.34. The average Bonchev–Trinajstić information content (AvgIpc) is 2.56. The number of amides is 1. The van der Waals surface area contributed by atoms with Gasteiger partial charge >= 0.3 is 6.18 Å². The maximum atomic E-state index is 12.8. The van der Waals surface area contributed by atoms with E-state index in [0.29, 0.717) is 13.2 Å². The largest absolute Gasteiger partial charge is 0.416 e. The Hall–Kier alpha value is -2.39. The van der Waals surface area contributed by atoms with E-state index in [2.05, 4.69) is 20.8 Å². The van der Waals surface area contributed by atoms with Crippen molar-refractivity contribution in [3.05, 3.63) is 46.6 Å². The Kier molecular flexibility index (Phi) is 6.16. The number of hydrogen-bond acceptors (Lipinski definition) is 5. The number of anilines is 2. The first-order valence-corrected chi connectivity index (χ1v) is 7.43. The number of carbonyl (C=O) groups is 1. The van der Waals surface area contributed by atoms with Crippen LogP contribution in [0, 0.1) is 0 Å². The van der Waals surface area contributed by atoms with Crippen molar-refractivity contribution in [1.82, 2.24) is 15.5 Å². The molecule has 0 bridgehead atoms. The van der Waals surface area contributed by atoms with Crippen LogP contribution < -0.4 is 10.6 Å². The molecule has 2 rings (SSSR count). The molecule has 0 fully saturated rings. The van der Waals surface area contributed by atoms with Gasteiger partial charge in [0.05, 0.1) is 22.9 Å². The van der Waals surface area contributed by atoms with Gasteiger partial charge in [-0.3, -0.25) is 4.79 Å². The summed E-state index contributed by atoms with van der Waals surface area (Å²) < 4.78 is 43.1. The molecule has 0 aliphatic carbocycles. The first kappa shape index (κ1) is 18.9. The molecule has 134 valence electrons. The zero-order valence-electron chi connectivity index (χ0n) is 13.0. The molecule has 0 aliphatic rings. The standard InChI is InChI=1S/C15H14ClF3N4O2/c1-25-7-6-20-14(24)11-4-5-13(23-22-11)21-12-8-9(15(17,18)19)2-3-10(12)16/h2-5,8H,6-7H2,1H3,(H,20,24)(H,21,23). The van der Waals surface area contributed by atoms with Crippen molar-refractivity contribution in [3.8, 4) is 0 Å². The van der Waals surface area contributed by atoms with Crippen molar-refractivity contribution >= 4 is 29.0 Å². The van der Waals surface area contributed by atoms with Crippen LogP contribution in [0.15, 0.2) is 30.3 Å². The molecule has 0 saturated heterocycles. The molecule has 10 heteroatoms. The van der Waals surface area contributed by atoms with Gasteiger partial charge in [0.2, 0.25) is 0 Å². The lowest BCUT2D eigenvalue weighted by atomic mass is 10.2. The number of carbonyl (C=O) groups excluding carboxylic acids is 1. The van der Waals surface area contributed by atoms with Crippen LogP contribution in [0.2, 0.25) is 5.02 Å². The Morgan fingerprint density at radius 2 is 2.00 bits per heavy atom. The topological polar surface area (TPSA) is 76.1 Å². The number of benzene rings is 1. The molecule has 2 N–H and O–H groups in total. The number of methoxy groups -OCH3 is 1. The van der Waals surface area contributed by atoms with Crippen LogP contribution in [0.3, 0.4) is 0 Å². The van der Waals surface area contributed by atoms with Crippen LogP contribution in [-0.4, -0.2) is 36.4 Å². The summed E-state index contributed by atoms with van der Waals surface area (Å²) in [7, 11) is 1.51. The number of halogens is 4. The first-order valence-electron chi connectivity index (χ1n) is 7.06. The Bertz CT molecular complexity index is 739. The summed E-state index contributed by atoms with van der Waals surface area (Å²) in [6.07, 6.45) is -4.49. The van der Waals surface area contributed by atoms with Gasteiger partial charge in [-0.05, 0) is 30.3 Å². The van der Waals surface area contributed by atoms with E-state index in [9.17, 15) is 18.0 Å². The highest BCUT2D eigenvalue weighted by atomic mass is 35.5. The number of nitrogens with one attached hydrogen (secondary N) is 2. The van der Waals surface area contributed by atoms with E-state index in [1.807, 2.05) is 0 Å². The molecule has 0 unspecified atom stereocenters. The van der Waals surface area contributed by atoms with E-state index < -0.39 is 17.6 Å². The number of rotatable bonds is 6. The van der Waals surface area contributed by atoms with E-state index in [4.69, 9.17) is 16.3 Å². The Morgan fingerprint density at radius 1 is 1.24 bits per heavy atom. The first-order chi connectivity index (χ1) is 11.8. The minimum atomic E-state index is -4.49. The maximum absolute atomic E-state index is 12.8. The quantitative estimate of drug-likeness (QED) is 0.759. The van der Waals surface area contributed by atoms with Crippen molar-refractivity contribution in [3.63, 3.8) is 0 Å². The predicted octanol–water partition coefficient (Wildman–Crippen LogP) is 3.27. The van der Waals surface area contributed by atoms with Gasteiger partial charge in [-0.1, -0.05) is 11.6 Å². The third-order valence-electron chi connectivity index (χ3n) is 3.05. The third-order valence-corrected chi connectivity index (χ3v) is 3.37. The Labute approximate surface area is 146 Å². The molecule has 6 nitrogen and oxygen atoms in total. The maximum Gasteiger partial charge on any atom is 0.416 e. The molecule has 0 radical (unpaired) electrons.